The molecule has 5 heterocycles. The molecule has 0 saturated carbocycles. The number of aliphatic hydroxyl groups excluding tert-OH is 1. The molecule has 66 heavy (non-hydrogen) atoms. The van der Waals surface area contributed by atoms with Gasteiger partial charge in [-0.2, -0.15) is 0 Å². The number of nitrogens with two attached hydrogens (primary N) is 1. The van der Waals surface area contributed by atoms with E-state index in [1.54, 1.807) is 23.5 Å². The fourth-order valence-electron chi connectivity index (χ4n) is 8.45. The van der Waals surface area contributed by atoms with Crippen LogP contribution in [0.1, 0.15) is 91.7 Å². The molecule has 0 amide bonds. The molecule has 0 bridgehead atoms. The largest absolute Gasteiger partial charge is 1.00 e. The normalized spacial score (nSPS) is 13.9. The van der Waals surface area contributed by atoms with Gasteiger partial charge in [0.2, 0.25) is 0 Å². The van der Waals surface area contributed by atoms with Crippen LogP contribution in [0.25, 0.3) is 32.7 Å². The topological polar surface area (TPSA) is 106 Å². The summed E-state index contributed by atoms with van der Waals surface area (Å²) in [6.45, 7) is 28.3. The number of ketones is 1. The van der Waals surface area contributed by atoms with Gasteiger partial charge in [-0.05, 0) is 110 Å². The maximum Gasteiger partial charge on any atom is 1.00 e. The number of nitrogens with zero attached hydrogens (tertiary/aromatic N) is 5. The SMILES string of the molecule is CCN(CC)CC.CO.CSc1ccc2cc(C(=O)C(C)C)n(CCN)c2c1.CSc1ccc2cc3n(c2c1)CCN=C3C(C)C.CSc1ccc2cc3n(c2c1)CCNC3C(C)C.[B].[H-].[Na+]. The predicted octanol–water partition coefficient (Wildman–Crippen LogP) is 8.34. The number of hydrogen-bond acceptors (Lipinski definition) is 9. The Morgan fingerprint density at radius 3 is 1.73 bits per heavy atom. The Hall–Kier alpha value is -2.43. The first-order valence-electron chi connectivity index (χ1n) is 23.0. The number of aromatic nitrogens is 3. The molecule has 2 aliphatic heterocycles. The summed E-state index contributed by atoms with van der Waals surface area (Å²) >= 11 is 5.32. The first kappa shape index (κ1) is 59.7. The van der Waals surface area contributed by atoms with Crippen LogP contribution in [0.5, 0.6) is 0 Å². The summed E-state index contributed by atoms with van der Waals surface area (Å²) in [6.07, 6.45) is 6.32. The molecule has 9 nitrogen and oxygen atoms in total. The van der Waals surface area contributed by atoms with Gasteiger partial charge in [0, 0.05) is 108 Å². The summed E-state index contributed by atoms with van der Waals surface area (Å²) in [7, 11) is 1.00. The van der Waals surface area contributed by atoms with Crippen molar-refractivity contribution in [1.29, 1.82) is 0 Å². The van der Waals surface area contributed by atoms with Gasteiger partial charge in [-0.25, -0.2) is 0 Å². The number of hydrogen-bond donors (Lipinski definition) is 3. The third kappa shape index (κ3) is 14.8. The fraction of sp³-hybridized carbons (Fsp3) is 0.500. The molecule has 1 unspecified atom stereocenters. The first-order chi connectivity index (χ1) is 30.8. The smallest absolute Gasteiger partial charge is 1.00 e. The predicted molar refractivity (Wildman–Crippen MR) is 290 cm³/mol. The molecule has 3 radical (unpaired) electrons. The van der Waals surface area contributed by atoms with Crippen LogP contribution in [0.15, 0.2) is 92.5 Å². The zero-order valence-electron chi connectivity index (χ0n) is 43.6. The Morgan fingerprint density at radius 1 is 0.773 bits per heavy atom. The molecular formula is C52H78BN7NaO2S3. The van der Waals surface area contributed by atoms with Crippen molar-refractivity contribution in [3.8, 4) is 0 Å². The fourth-order valence-corrected chi connectivity index (χ4v) is 9.75. The summed E-state index contributed by atoms with van der Waals surface area (Å²) in [4.78, 5) is 23.3. The molecule has 0 aliphatic carbocycles. The quantitative estimate of drug-likeness (QED) is 0.0640. The van der Waals surface area contributed by atoms with E-state index in [9.17, 15) is 4.79 Å². The van der Waals surface area contributed by atoms with Crippen LogP contribution in [0.3, 0.4) is 0 Å². The molecule has 8 rings (SSSR count). The molecule has 2 aliphatic rings. The standard InChI is InChI=1S/C15H20N2OS.C15H20N2S.C15H18N2S.C6H15N.CH4O.B.Na.H/c1-10(2)15(18)14-8-11-4-5-12(19-3)9-13(11)17(14)7-6-16;2*1-10(2)15-14-8-11-4-5-12(18-3)9-13(11)17(14)7-6-16-15;1-4-7(5-2)6-3;1-2;;;/h4-5,8-10H,6-7,16H2,1-3H3;4-5,8-10,15-16H,6-7H2,1-3H3;4-5,8-10H,6-7H2,1-3H3;4-6H2,1-3H3;2H,1H3;;;/q;;;;;;+1;-1. The van der Waals surface area contributed by atoms with Gasteiger partial charge >= 0.3 is 29.6 Å². The summed E-state index contributed by atoms with van der Waals surface area (Å²) in [5, 5.41) is 14.4. The maximum absolute atomic E-state index is 12.3. The van der Waals surface area contributed by atoms with Gasteiger partial charge in [0.15, 0.2) is 5.78 Å². The number of carbonyl (C=O) groups is 1. The Morgan fingerprint density at radius 2 is 1.27 bits per heavy atom. The van der Waals surface area contributed by atoms with Crippen molar-refractivity contribution in [2.45, 2.75) is 103 Å². The van der Waals surface area contributed by atoms with E-state index in [4.69, 9.17) is 15.8 Å². The number of fused-ring (bicyclic) bond motifs is 7. The maximum atomic E-state index is 12.3. The van der Waals surface area contributed by atoms with Crippen LogP contribution >= 0.6 is 35.3 Å². The first-order valence-corrected chi connectivity index (χ1v) is 26.7. The monoisotopic (exact) mass is 963 g/mol. The van der Waals surface area contributed by atoms with Crippen molar-refractivity contribution in [2.75, 3.05) is 65.1 Å². The van der Waals surface area contributed by atoms with E-state index >= 15 is 0 Å². The number of Topliss-reactive ketones (excluding diaryl/α,β-unsaturated/α-hetero) is 1. The number of nitrogens with one attached hydrogen (secondary N) is 1. The Balaban J connectivity index is 0.000000452. The van der Waals surface area contributed by atoms with Gasteiger partial charge in [-0.15, -0.1) is 35.3 Å². The summed E-state index contributed by atoms with van der Waals surface area (Å²) in [5.41, 5.74) is 14.3. The minimum atomic E-state index is 0. The molecule has 14 heteroatoms. The van der Waals surface area contributed by atoms with Crippen molar-refractivity contribution >= 4 is 87.9 Å². The van der Waals surface area contributed by atoms with Gasteiger partial charge in [0.05, 0.1) is 23.6 Å². The molecule has 0 fully saturated rings. The Kier molecular flexibility index (Phi) is 26.7. The van der Waals surface area contributed by atoms with Gasteiger partial charge in [-0.1, -0.05) is 80.5 Å². The molecule has 0 saturated heterocycles. The van der Waals surface area contributed by atoms with E-state index in [-0.39, 0.29) is 51.1 Å². The van der Waals surface area contributed by atoms with Crippen LogP contribution in [0.2, 0.25) is 0 Å². The van der Waals surface area contributed by atoms with Crippen LogP contribution in [0, 0.1) is 17.8 Å². The van der Waals surface area contributed by atoms with Crippen LogP contribution in [-0.2, 0) is 19.6 Å². The average Bonchev–Trinajstić information content (AvgIpc) is 4.01. The number of aliphatic hydroxyl groups is 1. The van der Waals surface area contributed by atoms with Gasteiger partial charge in [0.25, 0.3) is 0 Å². The molecule has 3 aromatic carbocycles. The van der Waals surface area contributed by atoms with Crippen LogP contribution < -0.4 is 40.6 Å². The van der Waals surface area contributed by atoms with Crippen molar-refractivity contribution in [3.05, 3.63) is 89.9 Å². The third-order valence-electron chi connectivity index (χ3n) is 11.9. The average molecular weight is 963 g/mol. The summed E-state index contributed by atoms with van der Waals surface area (Å²) in [6, 6.07) is 26.9. The van der Waals surface area contributed by atoms with E-state index < -0.39 is 0 Å². The summed E-state index contributed by atoms with van der Waals surface area (Å²) in [5.74, 6) is 1.30. The van der Waals surface area contributed by atoms with Crippen molar-refractivity contribution in [1.82, 2.24) is 23.9 Å². The van der Waals surface area contributed by atoms with Crippen LogP contribution in [-0.4, -0.2) is 109 Å². The van der Waals surface area contributed by atoms with Gasteiger partial charge in [-0.3, -0.25) is 9.79 Å². The number of aliphatic imine (C=N–C) groups is 1. The zero-order valence-corrected chi connectivity index (χ0v) is 47.0. The van der Waals surface area contributed by atoms with Crippen molar-refractivity contribution in [3.63, 3.8) is 0 Å². The van der Waals surface area contributed by atoms with Gasteiger partial charge in [0.1, 0.15) is 0 Å². The van der Waals surface area contributed by atoms with Gasteiger partial charge < -0.3 is 36.2 Å². The second-order valence-electron chi connectivity index (χ2n) is 16.9. The molecule has 355 valence electrons. The van der Waals surface area contributed by atoms with Crippen molar-refractivity contribution < 1.29 is 40.9 Å². The van der Waals surface area contributed by atoms with E-state index in [0.717, 1.165) is 49.9 Å². The van der Waals surface area contributed by atoms with E-state index in [0.29, 0.717) is 31.0 Å². The Bertz CT molecular complexity index is 2440. The second kappa shape index (κ2) is 29.6. The number of benzene rings is 3. The minimum Gasteiger partial charge on any atom is -1.00 e. The molecule has 4 N–H and O–H groups in total. The van der Waals surface area contributed by atoms with Crippen LogP contribution in [0.4, 0.5) is 0 Å². The van der Waals surface area contributed by atoms with E-state index in [2.05, 4.69) is 158 Å². The minimum absolute atomic E-state index is 0. The molecule has 1 atom stereocenters. The molecule has 0 spiro atoms. The number of rotatable bonds is 12. The van der Waals surface area contributed by atoms with E-state index in [1.165, 1.54) is 73.2 Å². The third-order valence-corrected chi connectivity index (χ3v) is 14.1. The Labute approximate surface area is 435 Å². The van der Waals surface area contributed by atoms with E-state index in [1.807, 2.05) is 31.7 Å². The molecule has 3 aromatic heterocycles. The summed E-state index contributed by atoms with van der Waals surface area (Å²) < 4.78 is 6.98. The molecular weight excluding hydrogens is 885 g/mol. The van der Waals surface area contributed by atoms with Crippen molar-refractivity contribution in [2.24, 2.45) is 28.5 Å². The number of thioether (sulfide) groups is 3. The number of carbonyl (C=O) groups excluding carboxylic acids is 1. The molecule has 6 aromatic rings. The second-order valence-corrected chi connectivity index (χ2v) is 19.5. The zero-order chi connectivity index (χ0) is 47.1.